The minimum Gasteiger partial charge on any atom is -0.267 e. The van der Waals surface area contributed by atoms with Crippen LogP contribution in [-0.4, -0.2) is 60.9 Å². The van der Waals surface area contributed by atoms with E-state index in [1.807, 2.05) is 0 Å². The van der Waals surface area contributed by atoms with Gasteiger partial charge in [0, 0.05) is 20.2 Å². The molecule has 22 heavy (non-hydrogen) atoms. The average molecular weight is 327 g/mol. The van der Waals surface area contributed by atoms with Crippen LogP contribution in [0.3, 0.4) is 0 Å². The Hall–Kier alpha value is -2.00. The highest BCUT2D eigenvalue weighted by Gasteiger charge is 2.37. The third kappa shape index (κ3) is 3.25. The first-order valence-corrected chi connectivity index (χ1v) is 8.50. The smallest absolute Gasteiger partial charge is 0.267 e. The lowest BCUT2D eigenvalue weighted by atomic mass is 10.1. The number of carbonyl (C=O) groups excluding carboxylic acids is 1. The van der Waals surface area contributed by atoms with Crippen LogP contribution in [0.1, 0.15) is 16.8 Å². The molecule has 0 aromatic heterocycles. The van der Waals surface area contributed by atoms with Crippen LogP contribution in [0.25, 0.3) is 0 Å². The second-order valence-electron chi connectivity index (χ2n) is 5.33. The monoisotopic (exact) mass is 327 g/mol. The van der Waals surface area contributed by atoms with Gasteiger partial charge in [-0.05, 0) is 12.5 Å². The van der Waals surface area contributed by atoms with Crippen molar-refractivity contribution in [1.29, 1.82) is 0 Å². The van der Waals surface area contributed by atoms with E-state index >= 15 is 0 Å². The SMILES string of the molecule is CN(C)N(C(=O)c1ccccc1[N+](=O)[O-])C1CCS(=O)(=O)C1. The van der Waals surface area contributed by atoms with Crippen molar-refractivity contribution in [3.63, 3.8) is 0 Å². The summed E-state index contributed by atoms with van der Waals surface area (Å²) in [7, 11) is 0.0469. The van der Waals surface area contributed by atoms with Crippen LogP contribution in [0.4, 0.5) is 5.69 Å². The number of nitrogens with zero attached hydrogens (tertiary/aromatic N) is 3. The van der Waals surface area contributed by atoms with Crippen LogP contribution in [0.15, 0.2) is 24.3 Å². The summed E-state index contributed by atoms with van der Waals surface area (Å²) in [4.78, 5) is 23.1. The van der Waals surface area contributed by atoms with Gasteiger partial charge in [-0.25, -0.2) is 13.4 Å². The van der Waals surface area contributed by atoms with Crippen molar-refractivity contribution in [3.8, 4) is 0 Å². The normalized spacial score (nSPS) is 20.0. The minimum absolute atomic E-state index is 0.0200. The van der Waals surface area contributed by atoms with E-state index in [0.717, 1.165) is 0 Å². The minimum atomic E-state index is -3.17. The van der Waals surface area contributed by atoms with E-state index < -0.39 is 26.7 Å². The number of nitro benzene ring substituents is 1. The van der Waals surface area contributed by atoms with Gasteiger partial charge >= 0.3 is 0 Å². The predicted molar refractivity (Wildman–Crippen MR) is 80.0 cm³/mol. The molecule has 1 aliphatic rings. The molecule has 8 nitrogen and oxygen atoms in total. The molecule has 0 N–H and O–H groups in total. The number of carbonyl (C=O) groups is 1. The lowest BCUT2D eigenvalue weighted by Gasteiger charge is -2.33. The molecule has 1 atom stereocenters. The van der Waals surface area contributed by atoms with E-state index in [-0.39, 0.29) is 22.8 Å². The molecule has 1 aromatic carbocycles. The summed E-state index contributed by atoms with van der Waals surface area (Å²) < 4.78 is 23.3. The van der Waals surface area contributed by atoms with Gasteiger partial charge in [-0.15, -0.1) is 0 Å². The summed E-state index contributed by atoms with van der Waals surface area (Å²) in [6.07, 6.45) is 0.326. The molecule has 1 aliphatic heterocycles. The van der Waals surface area contributed by atoms with E-state index in [1.54, 1.807) is 20.2 Å². The molecule has 2 rings (SSSR count). The largest absolute Gasteiger partial charge is 0.282 e. The molecule has 1 fully saturated rings. The lowest BCUT2D eigenvalue weighted by Crippen LogP contribution is -2.49. The van der Waals surface area contributed by atoms with E-state index in [0.29, 0.717) is 6.42 Å². The maximum absolute atomic E-state index is 12.7. The van der Waals surface area contributed by atoms with E-state index in [9.17, 15) is 23.3 Å². The molecule has 0 radical (unpaired) electrons. The van der Waals surface area contributed by atoms with E-state index in [2.05, 4.69) is 0 Å². The summed E-state index contributed by atoms with van der Waals surface area (Å²) in [6, 6.07) is 5.15. The molecule has 0 aliphatic carbocycles. The standard InChI is InChI=1S/C13H17N3O5S/c1-14(2)15(10-7-8-22(20,21)9-10)13(17)11-5-3-4-6-12(11)16(18)19/h3-6,10H,7-9H2,1-2H3. The van der Waals surface area contributed by atoms with Gasteiger partial charge in [0.2, 0.25) is 0 Å². The van der Waals surface area contributed by atoms with Gasteiger partial charge in [-0.3, -0.25) is 19.9 Å². The first-order chi connectivity index (χ1) is 10.2. The van der Waals surface area contributed by atoms with Crippen LogP contribution in [0.2, 0.25) is 0 Å². The number of benzene rings is 1. The van der Waals surface area contributed by atoms with Crippen molar-refractivity contribution in [2.45, 2.75) is 12.5 Å². The highest BCUT2D eigenvalue weighted by Crippen LogP contribution is 2.24. The number of sulfone groups is 1. The number of nitro groups is 1. The maximum atomic E-state index is 12.7. The molecule has 0 bridgehead atoms. The fraction of sp³-hybridized carbons (Fsp3) is 0.462. The Morgan fingerprint density at radius 3 is 2.45 bits per heavy atom. The fourth-order valence-corrected chi connectivity index (χ4v) is 4.27. The Bertz CT molecular complexity index is 701. The molecule has 120 valence electrons. The molecule has 9 heteroatoms. The molecule has 1 amide bonds. The van der Waals surface area contributed by atoms with Crippen LogP contribution >= 0.6 is 0 Å². The molecule has 1 aromatic rings. The number of rotatable bonds is 4. The molecular formula is C13H17N3O5S. The van der Waals surface area contributed by atoms with Crippen molar-refractivity contribution >= 4 is 21.4 Å². The topological polar surface area (TPSA) is 101 Å². The third-order valence-electron chi connectivity index (χ3n) is 3.52. The zero-order chi connectivity index (χ0) is 16.5. The number of hydrogen-bond acceptors (Lipinski definition) is 6. The second-order valence-corrected chi connectivity index (χ2v) is 7.56. The predicted octanol–water partition coefficient (Wildman–Crippen LogP) is 0.701. The molecule has 1 heterocycles. The second kappa shape index (κ2) is 6.01. The third-order valence-corrected chi connectivity index (χ3v) is 5.27. The molecule has 1 unspecified atom stereocenters. The van der Waals surface area contributed by atoms with Crippen molar-refractivity contribution in [1.82, 2.24) is 10.0 Å². The van der Waals surface area contributed by atoms with Crippen LogP contribution in [0, 0.1) is 10.1 Å². The van der Waals surface area contributed by atoms with Crippen LogP contribution < -0.4 is 0 Å². The van der Waals surface area contributed by atoms with Gasteiger partial charge in [-0.2, -0.15) is 0 Å². The molecule has 0 saturated carbocycles. The Morgan fingerprint density at radius 2 is 1.95 bits per heavy atom. The Morgan fingerprint density at radius 1 is 1.32 bits per heavy atom. The summed E-state index contributed by atoms with van der Waals surface area (Å²) in [6.45, 7) is 0. The Balaban J connectivity index is 2.38. The van der Waals surface area contributed by atoms with Gasteiger partial charge in [0.15, 0.2) is 9.84 Å². The number of hydrazine groups is 1. The summed E-state index contributed by atoms with van der Waals surface area (Å²) in [5.41, 5.74) is -0.342. The number of amides is 1. The summed E-state index contributed by atoms with van der Waals surface area (Å²) >= 11 is 0. The summed E-state index contributed by atoms with van der Waals surface area (Å²) in [5, 5.41) is 13.8. The zero-order valence-corrected chi connectivity index (χ0v) is 13.1. The zero-order valence-electron chi connectivity index (χ0n) is 12.3. The van der Waals surface area contributed by atoms with Crippen LogP contribution in [0.5, 0.6) is 0 Å². The van der Waals surface area contributed by atoms with Crippen LogP contribution in [-0.2, 0) is 9.84 Å². The lowest BCUT2D eigenvalue weighted by molar-refractivity contribution is -0.385. The molecule has 1 saturated heterocycles. The first kappa shape index (κ1) is 16.4. The highest BCUT2D eigenvalue weighted by atomic mass is 32.2. The number of hydrogen-bond donors (Lipinski definition) is 0. The van der Waals surface area contributed by atoms with Gasteiger partial charge in [0.05, 0.1) is 22.5 Å². The Labute approximate surface area is 128 Å². The molecular weight excluding hydrogens is 310 g/mol. The summed E-state index contributed by atoms with van der Waals surface area (Å²) in [5.74, 6) is -0.677. The van der Waals surface area contributed by atoms with Gasteiger partial charge in [0.1, 0.15) is 5.56 Å². The first-order valence-electron chi connectivity index (χ1n) is 6.67. The number of para-hydroxylation sites is 1. The van der Waals surface area contributed by atoms with Gasteiger partial charge in [0.25, 0.3) is 11.6 Å². The van der Waals surface area contributed by atoms with E-state index in [1.165, 1.54) is 28.2 Å². The van der Waals surface area contributed by atoms with Crippen molar-refractivity contribution in [3.05, 3.63) is 39.9 Å². The maximum Gasteiger partial charge on any atom is 0.282 e. The molecule has 0 spiro atoms. The fourth-order valence-electron chi connectivity index (χ4n) is 2.58. The van der Waals surface area contributed by atoms with Crippen molar-refractivity contribution < 1.29 is 18.1 Å². The van der Waals surface area contributed by atoms with Gasteiger partial charge in [-0.1, -0.05) is 12.1 Å². The highest BCUT2D eigenvalue weighted by molar-refractivity contribution is 7.91. The van der Waals surface area contributed by atoms with Crippen molar-refractivity contribution in [2.24, 2.45) is 0 Å². The average Bonchev–Trinajstić information content (AvgIpc) is 2.78. The quantitative estimate of drug-likeness (QED) is 0.596. The van der Waals surface area contributed by atoms with E-state index in [4.69, 9.17) is 0 Å². The van der Waals surface area contributed by atoms with Gasteiger partial charge < -0.3 is 0 Å². The van der Waals surface area contributed by atoms with Crippen molar-refractivity contribution in [2.75, 3.05) is 25.6 Å². The Kier molecular flexibility index (Phi) is 4.47.